The maximum Gasteiger partial charge on any atom is 0.315 e. The summed E-state index contributed by atoms with van der Waals surface area (Å²) in [5.74, 6) is -0.469. The zero-order valence-electron chi connectivity index (χ0n) is 26.1. The summed E-state index contributed by atoms with van der Waals surface area (Å²) in [6.45, 7) is 8.92. The molecule has 1 aliphatic heterocycles. The van der Waals surface area contributed by atoms with E-state index in [0.29, 0.717) is 24.2 Å². The molecule has 1 aliphatic rings. The third-order valence-corrected chi connectivity index (χ3v) is 8.58. The SMILES string of the molecule is CCCCCCOC(=O)C(C)(C)c1ccc(C(=O)CCCN2CCC(=C(c3ccccc3)c3ccccc3)CC2)c(O)c1. The Balaban J connectivity index is 1.29. The summed E-state index contributed by atoms with van der Waals surface area (Å²) in [6.07, 6.45) is 7.27. The molecule has 228 valence electrons. The highest BCUT2D eigenvalue weighted by Gasteiger charge is 2.32. The van der Waals surface area contributed by atoms with Gasteiger partial charge < -0.3 is 14.7 Å². The standard InChI is InChI=1S/C38H47NO4/c1-4-5-6-13-27-43-37(42)38(2,3)32-20-21-33(35(41)28-32)34(40)19-14-24-39-25-22-31(23-26-39)36(29-15-9-7-10-16-29)30-17-11-8-12-18-30/h7-12,15-18,20-21,28,41H,4-6,13-14,19,22-27H2,1-3H3. The van der Waals surface area contributed by atoms with E-state index < -0.39 is 5.41 Å². The van der Waals surface area contributed by atoms with Crippen molar-refractivity contribution in [3.63, 3.8) is 0 Å². The fourth-order valence-electron chi connectivity index (χ4n) is 5.83. The minimum Gasteiger partial charge on any atom is -0.507 e. The number of aromatic hydroxyl groups is 1. The number of phenols is 1. The number of phenolic OH excluding ortho intramolecular Hbond substituents is 1. The number of likely N-dealkylation sites (tertiary alicyclic amines) is 1. The van der Waals surface area contributed by atoms with Crippen LogP contribution in [0.1, 0.15) is 99.2 Å². The average Bonchev–Trinajstić information content (AvgIpc) is 3.02. The summed E-state index contributed by atoms with van der Waals surface area (Å²) in [4.78, 5) is 28.2. The van der Waals surface area contributed by atoms with Gasteiger partial charge in [0.2, 0.25) is 0 Å². The van der Waals surface area contributed by atoms with E-state index in [1.54, 1.807) is 32.0 Å². The van der Waals surface area contributed by atoms with Gasteiger partial charge in [-0.3, -0.25) is 9.59 Å². The van der Waals surface area contributed by atoms with Gasteiger partial charge >= 0.3 is 5.97 Å². The zero-order chi connectivity index (χ0) is 30.7. The number of esters is 1. The number of unbranched alkanes of at least 4 members (excludes halogenated alkanes) is 3. The highest BCUT2D eigenvalue weighted by Crippen LogP contribution is 2.33. The summed E-state index contributed by atoms with van der Waals surface area (Å²) in [5.41, 5.74) is 5.39. The van der Waals surface area contributed by atoms with Gasteiger partial charge in [0.1, 0.15) is 5.75 Å². The molecule has 0 spiro atoms. The van der Waals surface area contributed by atoms with E-state index in [4.69, 9.17) is 4.74 Å². The molecule has 1 heterocycles. The van der Waals surface area contributed by atoms with Gasteiger partial charge in [0, 0.05) is 19.5 Å². The lowest BCUT2D eigenvalue weighted by Crippen LogP contribution is -2.32. The monoisotopic (exact) mass is 581 g/mol. The van der Waals surface area contributed by atoms with Crippen LogP contribution in [0.15, 0.2) is 84.4 Å². The quantitative estimate of drug-likeness (QED) is 0.118. The normalized spacial score (nSPS) is 14.0. The highest BCUT2D eigenvalue weighted by molar-refractivity contribution is 5.98. The fourth-order valence-corrected chi connectivity index (χ4v) is 5.83. The molecular weight excluding hydrogens is 534 g/mol. The number of hydrogen-bond donors (Lipinski definition) is 1. The molecule has 0 aromatic heterocycles. The van der Waals surface area contributed by atoms with Crippen LogP contribution in [0.2, 0.25) is 0 Å². The molecule has 0 unspecified atom stereocenters. The minimum atomic E-state index is -0.910. The lowest BCUT2D eigenvalue weighted by atomic mass is 9.83. The van der Waals surface area contributed by atoms with Gasteiger partial charge in [-0.2, -0.15) is 0 Å². The first-order valence-electron chi connectivity index (χ1n) is 15.9. The predicted octanol–water partition coefficient (Wildman–Crippen LogP) is 8.35. The molecule has 0 saturated carbocycles. The summed E-state index contributed by atoms with van der Waals surface area (Å²) in [5, 5.41) is 10.7. The second-order valence-electron chi connectivity index (χ2n) is 12.1. The summed E-state index contributed by atoms with van der Waals surface area (Å²) < 4.78 is 5.51. The fraction of sp³-hybridized carbons (Fsp3) is 0.421. The molecule has 0 bridgehead atoms. The Morgan fingerprint density at radius 2 is 1.47 bits per heavy atom. The van der Waals surface area contributed by atoms with Gasteiger partial charge in [-0.25, -0.2) is 0 Å². The van der Waals surface area contributed by atoms with E-state index in [1.165, 1.54) is 22.3 Å². The van der Waals surface area contributed by atoms with Crippen LogP contribution in [0.3, 0.4) is 0 Å². The second-order valence-corrected chi connectivity index (χ2v) is 12.1. The number of hydrogen-bond acceptors (Lipinski definition) is 5. The van der Waals surface area contributed by atoms with Crippen LogP contribution in [0, 0.1) is 0 Å². The molecule has 0 atom stereocenters. The van der Waals surface area contributed by atoms with E-state index in [2.05, 4.69) is 72.5 Å². The molecule has 4 rings (SSSR count). The number of carbonyl (C=O) groups is 2. The van der Waals surface area contributed by atoms with Crippen LogP contribution in [-0.4, -0.2) is 48.0 Å². The Bertz CT molecular complexity index is 1330. The number of piperidine rings is 1. The molecule has 3 aromatic rings. The molecule has 3 aromatic carbocycles. The van der Waals surface area contributed by atoms with Crippen molar-refractivity contribution >= 4 is 17.3 Å². The van der Waals surface area contributed by atoms with Crippen molar-refractivity contribution in [2.75, 3.05) is 26.2 Å². The molecule has 1 N–H and O–H groups in total. The number of carbonyl (C=O) groups excluding carboxylic acids is 2. The first-order valence-corrected chi connectivity index (χ1v) is 15.9. The first-order chi connectivity index (χ1) is 20.8. The van der Waals surface area contributed by atoms with Crippen LogP contribution in [-0.2, 0) is 14.9 Å². The largest absolute Gasteiger partial charge is 0.507 e. The molecule has 0 aliphatic carbocycles. The molecule has 1 saturated heterocycles. The van der Waals surface area contributed by atoms with Gasteiger partial charge in [0.05, 0.1) is 17.6 Å². The second kappa shape index (κ2) is 15.7. The highest BCUT2D eigenvalue weighted by atomic mass is 16.5. The van der Waals surface area contributed by atoms with Crippen molar-refractivity contribution in [1.29, 1.82) is 0 Å². The van der Waals surface area contributed by atoms with Gasteiger partial charge in [-0.15, -0.1) is 0 Å². The topological polar surface area (TPSA) is 66.8 Å². The van der Waals surface area contributed by atoms with Crippen LogP contribution < -0.4 is 0 Å². The summed E-state index contributed by atoms with van der Waals surface area (Å²) in [7, 11) is 0. The molecule has 0 amide bonds. The molecule has 5 heteroatoms. The van der Waals surface area contributed by atoms with Crippen molar-refractivity contribution in [1.82, 2.24) is 4.90 Å². The number of ketones is 1. The van der Waals surface area contributed by atoms with Crippen LogP contribution in [0.5, 0.6) is 5.75 Å². The average molecular weight is 582 g/mol. The van der Waals surface area contributed by atoms with Crippen molar-refractivity contribution in [3.8, 4) is 5.75 Å². The number of ether oxygens (including phenoxy) is 1. The van der Waals surface area contributed by atoms with Gasteiger partial charge in [0.25, 0.3) is 0 Å². The third-order valence-electron chi connectivity index (χ3n) is 8.58. The van der Waals surface area contributed by atoms with Crippen LogP contribution >= 0.6 is 0 Å². The Hall–Kier alpha value is -3.70. The minimum absolute atomic E-state index is 0.0755. The summed E-state index contributed by atoms with van der Waals surface area (Å²) in [6, 6.07) is 26.2. The Morgan fingerprint density at radius 3 is 2.05 bits per heavy atom. The van der Waals surface area contributed by atoms with E-state index in [1.807, 2.05) is 0 Å². The summed E-state index contributed by atoms with van der Waals surface area (Å²) >= 11 is 0. The first kappa shape index (κ1) is 32.2. The molecule has 1 fully saturated rings. The molecule has 0 radical (unpaired) electrons. The lowest BCUT2D eigenvalue weighted by Gasteiger charge is -2.30. The van der Waals surface area contributed by atoms with Crippen molar-refractivity contribution in [2.45, 2.75) is 77.6 Å². The maximum atomic E-state index is 13.0. The van der Waals surface area contributed by atoms with Crippen LogP contribution in [0.25, 0.3) is 5.57 Å². The van der Waals surface area contributed by atoms with Crippen molar-refractivity contribution in [2.24, 2.45) is 0 Å². The van der Waals surface area contributed by atoms with Gasteiger partial charge in [-0.1, -0.05) is 98.5 Å². The molecule has 43 heavy (non-hydrogen) atoms. The smallest absolute Gasteiger partial charge is 0.315 e. The Labute approximate surface area is 257 Å². The Morgan fingerprint density at radius 1 is 0.837 bits per heavy atom. The van der Waals surface area contributed by atoms with E-state index in [0.717, 1.165) is 64.6 Å². The van der Waals surface area contributed by atoms with Crippen molar-refractivity contribution in [3.05, 3.63) is 107 Å². The number of rotatable bonds is 14. The van der Waals surface area contributed by atoms with Crippen LogP contribution in [0.4, 0.5) is 0 Å². The number of nitrogens with zero attached hydrogens (tertiary/aromatic N) is 1. The number of benzene rings is 3. The van der Waals surface area contributed by atoms with Gasteiger partial charge in [-0.05, 0) is 80.5 Å². The predicted molar refractivity (Wildman–Crippen MR) is 174 cm³/mol. The van der Waals surface area contributed by atoms with E-state index in [9.17, 15) is 14.7 Å². The number of Topliss-reactive ketones (excluding diaryl/α,β-unsaturated/α-hetero) is 1. The lowest BCUT2D eigenvalue weighted by molar-refractivity contribution is -0.149. The zero-order valence-corrected chi connectivity index (χ0v) is 26.1. The van der Waals surface area contributed by atoms with E-state index in [-0.39, 0.29) is 17.5 Å². The molecule has 5 nitrogen and oxygen atoms in total. The maximum absolute atomic E-state index is 13.0. The third kappa shape index (κ3) is 8.67. The van der Waals surface area contributed by atoms with Crippen molar-refractivity contribution < 1.29 is 19.4 Å². The molecular formula is C38H47NO4. The van der Waals surface area contributed by atoms with E-state index >= 15 is 0 Å². The van der Waals surface area contributed by atoms with Gasteiger partial charge in [0.15, 0.2) is 5.78 Å². The Kier molecular flexibility index (Phi) is 11.7.